The Hall–Kier alpha value is -2.04. The lowest BCUT2D eigenvalue weighted by Gasteiger charge is -2.18. The number of hydrogen-bond acceptors (Lipinski definition) is 8. The van der Waals surface area contributed by atoms with Crippen LogP contribution in [0.4, 0.5) is 4.79 Å². The molecule has 1 aliphatic rings. The van der Waals surface area contributed by atoms with E-state index >= 15 is 0 Å². The monoisotopic (exact) mass is 505 g/mol. The molecule has 2 amide bonds. The summed E-state index contributed by atoms with van der Waals surface area (Å²) < 4.78 is 15.2. The maximum absolute atomic E-state index is 12.5. The molecule has 1 aromatic rings. The molecular weight excluding hydrogens is 490 g/mol. The molecule has 1 saturated heterocycles. The van der Waals surface area contributed by atoms with Crippen LogP contribution in [-0.4, -0.2) is 54.4 Å². The lowest BCUT2D eigenvalue weighted by molar-refractivity contribution is -0.148. The summed E-state index contributed by atoms with van der Waals surface area (Å²) in [6.45, 7) is 3.02. The Morgan fingerprint density at radius 3 is 2.62 bits per heavy atom. The van der Waals surface area contributed by atoms with Crippen LogP contribution < -0.4 is 4.74 Å². The van der Waals surface area contributed by atoms with Gasteiger partial charge in [-0.2, -0.15) is 0 Å². The van der Waals surface area contributed by atoms with Gasteiger partial charge in [0.15, 0.2) is 12.4 Å². The first-order valence-electron chi connectivity index (χ1n) is 8.31. The van der Waals surface area contributed by atoms with Crippen LogP contribution in [0.1, 0.15) is 19.4 Å². The molecule has 1 heterocycles. The first-order valence-corrected chi connectivity index (χ1v) is 10.3. The number of halogens is 2. The molecule has 1 atom stereocenters. The highest BCUT2D eigenvalue weighted by atomic mass is 79.9. The molecule has 0 saturated carbocycles. The van der Waals surface area contributed by atoms with Gasteiger partial charge < -0.3 is 14.2 Å². The van der Waals surface area contributed by atoms with Crippen molar-refractivity contribution in [2.45, 2.75) is 19.9 Å². The van der Waals surface area contributed by atoms with E-state index in [0.717, 1.165) is 4.90 Å². The Kier molecular flexibility index (Phi) is 8.12. The van der Waals surface area contributed by atoms with E-state index in [-0.39, 0.29) is 28.9 Å². The quantitative estimate of drug-likeness (QED) is 0.408. The molecule has 0 aliphatic carbocycles. The average molecular weight is 507 g/mol. The predicted molar refractivity (Wildman–Crippen MR) is 111 cm³/mol. The second-order valence-electron chi connectivity index (χ2n) is 5.66. The van der Waals surface area contributed by atoms with Crippen molar-refractivity contribution < 1.29 is 33.4 Å². The number of benzene rings is 1. The van der Waals surface area contributed by atoms with Gasteiger partial charge in [0.2, 0.25) is 0 Å². The zero-order chi connectivity index (χ0) is 21.7. The summed E-state index contributed by atoms with van der Waals surface area (Å²) in [5.74, 6) is -1.59. The van der Waals surface area contributed by atoms with Crippen molar-refractivity contribution in [3.8, 4) is 5.75 Å². The minimum Gasteiger partial charge on any atom is -0.479 e. The molecule has 1 aliphatic heterocycles. The number of ether oxygens (including phenoxy) is 3. The second kappa shape index (κ2) is 10.1. The van der Waals surface area contributed by atoms with Gasteiger partial charge >= 0.3 is 11.9 Å². The summed E-state index contributed by atoms with van der Waals surface area (Å²) >= 11 is 10.2. The van der Waals surface area contributed by atoms with Gasteiger partial charge in [0.1, 0.15) is 6.04 Å². The molecule has 2 rings (SSSR count). The molecule has 0 spiro atoms. The van der Waals surface area contributed by atoms with Crippen molar-refractivity contribution in [2.75, 3.05) is 20.3 Å². The van der Waals surface area contributed by atoms with Crippen LogP contribution >= 0.6 is 39.3 Å². The van der Waals surface area contributed by atoms with Crippen LogP contribution in [0.15, 0.2) is 21.5 Å². The van der Waals surface area contributed by atoms with Gasteiger partial charge in [-0.15, -0.1) is 0 Å². The van der Waals surface area contributed by atoms with E-state index in [1.54, 1.807) is 13.0 Å². The van der Waals surface area contributed by atoms with Crippen LogP contribution in [0, 0.1) is 0 Å². The zero-order valence-electron chi connectivity index (χ0n) is 15.7. The van der Waals surface area contributed by atoms with E-state index in [1.807, 2.05) is 0 Å². The standard InChI is InChI=1S/C18H17BrClNO7S/c1-4-27-14(22)8-28-15-11(19)5-10(6-12(15)20)7-13-16(23)21(18(25)29-13)9(2)17(24)26-3/h5-7,9H,4,8H2,1-3H3/b13-7+/t9-/m0/s1. The molecule has 1 aromatic carbocycles. The molecule has 0 aromatic heterocycles. The summed E-state index contributed by atoms with van der Waals surface area (Å²) in [6.07, 6.45) is 1.47. The van der Waals surface area contributed by atoms with Crippen LogP contribution in [0.2, 0.25) is 5.02 Å². The van der Waals surface area contributed by atoms with E-state index < -0.39 is 29.1 Å². The molecule has 156 valence electrons. The largest absolute Gasteiger partial charge is 0.479 e. The van der Waals surface area contributed by atoms with Gasteiger partial charge in [-0.25, -0.2) is 9.59 Å². The number of thioether (sulfide) groups is 1. The van der Waals surface area contributed by atoms with Crippen molar-refractivity contribution in [1.29, 1.82) is 0 Å². The lowest BCUT2D eigenvalue weighted by atomic mass is 10.2. The minimum absolute atomic E-state index is 0.133. The van der Waals surface area contributed by atoms with Crippen molar-refractivity contribution in [3.05, 3.63) is 32.1 Å². The van der Waals surface area contributed by atoms with Gasteiger partial charge in [-0.1, -0.05) is 11.6 Å². The fourth-order valence-electron chi connectivity index (χ4n) is 2.38. The maximum Gasteiger partial charge on any atom is 0.344 e. The third kappa shape index (κ3) is 5.52. The fraction of sp³-hybridized carbons (Fsp3) is 0.333. The summed E-state index contributed by atoms with van der Waals surface area (Å²) in [5.41, 5.74) is 0.515. The van der Waals surface area contributed by atoms with Crippen molar-refractivity contribution >= 4 is 68.5 Å². The summed E-state index contributed by atoms with van der Waals surface area (Å²) in [4.78, 5) is 48.8. The molecule has 0 N–H and O–H groups in total. The molecule has 0 bridgehead atoms. The number of hydrogen-bond donors (Lipinski definition) is 0. The van der Waals surface area contributed by atoms with Gasteiger partial charge in [0.25, 0.3) is 11.1 Å². The Bertz CT molecular complexity index is 866. The van der Waals surface area contributed by atoms with Crippen LogP contribution in [0.5, 0.6) is 5.75 Å². The third-order valence-corrected chi connectivity index (χ3v) is 5.46. The summed E-state index contributed by atoms with van der Waals surface area (Å²) in [6, 6.07) is 2.10. The number of esters is 2. The minimum atomic E-state index is -1.03. The van der Waals surface area contributed by atoms with E-state index in [4.69, 9.17) is 21.1 Å². The number of methoxy groups -OCH3 is 1. The van der Waals surface area contributed by atoms with Crippen LogP contribution in [0.3, 0.4) is 0 Å². The predicted octanol–water partition coefficient (Wildman–Crippen LogP) is 3.64. The Morgan fingerprint density at radius 1 is 1.34 bits per heavy atom. The first kappa shape index (κ1) is 23.2. The Morgan fingerprint density at radius 2 is 2.03 bits per heavy atom. The summed E-state index contributed by atoms with van der Waals surface area (Å²) in [7, 11) is 1.18. The second-order valence-corrected chi connectivity index (χ2v) is 7.91. The number of rotatable bonds is 7. The van der Waals surface area contributed by atoms with Crippen molar-refractivity contribution in [3.63, 3.8) is 0 Å². The third-order valence-electron chi connectivity index (χ3n) is 3.71. The fourth-order valence-corrected chi connectivity index (χ4v) is 4.27. The van der Waals surface area contributed by atoms with Crippen LogP contribution in [0.25, 0.3) is 6.08 Å². The normalized spacial score (nSPS) is 16.2. The van der Waals surface area contributed by atoms with Crippen molar-refractivity contribution in [2.24, 2.45) is 0 Å². The Labute approximate surface area is 184 Å². The highest BCUT2D eigenvalue weighted by molar-refractivity contribution is 9.10. The van der Waals surface area contributed by atoms with E-state index in [0.29, 0.717) is 21.8 Å². The number of nitrogens with zero attached hydrogens (tertiary/aromatic N) is 1. The van der Waals surface area contributed by atoms with Crippen LogP contribution in [-0.2, 0) is 23.9 Å². The maximum atomic E-state index is 12.5. The molecule has 11 heteroatoms. The SMILES string of the molecule is CCOC(=O)COc1c(Cl)cc(/C=C2/SC(=O)N([C@@H](C)C(=O)OC)C2=O)cc1Br. The highest BCUT2D eigenvalue weighted by Crippen LogP contribution is 2.38. The first-order chi connectivity index (χ1) is 13.7. The number of carbonyl (C=O) groups excluding carboxylic acids is 4. The average Bonchev–Trinajstić information content (AvgIpc) is 2.93. The van der Waals surface area contributed by atoms with E-state index in [1.165, 1.54) is 26.2 Å². The zero-order valence-corrected chi connectivity index (χ0v) is 18.9. The molecule has 0 radical (unpaired) electrons. The number of carbonyl (C=O) groups is 4. The van der Waals surface area contributed by atoms with E-state index in [2.05, 4.69) is 20.7 Å². The van der Waals surface area contributed by atoms with Gasteiger partial charge in [0, 0.05) is 0 Å². The molecule has 0 unspecified atom stereocenters. The Balaban J connectivity index is 2.22. The van der Waals surface area contributed by atoms with Gasteiger partial charge in [0.05, 0.1) is 28.1 Å². The highest BCUT2D eigenvalue weighted by Gasteiger charge is 2.41. The number of amides is 2. The number of imide groups is 1. The molecular formula is C18H17BrClNO7S. The summed E-state index contributed by atoms with van der Waals surface area (Å²) in [5, 5.41) is -0.379. The lowest BCUT2D eigenvalue weighted by Crippen LogP contribution is -2.42. The van der Waals surface area contributed by atoms with E-state index in [9.17, 15) is 19.2 Å². The van der Waals surface area contributed by atoms with Gasteiger partial charge in [-0.05, 0) is 65.3 Å². The van der Waals surface area contributed by atoms with Gasteiger partial charge in [-0.3, -0.25) is 14.5 Å². The molecule has 8 nitrogen and oxygen atoms in total. The van der Waals surface area contributed by atoms with Crippen molar-refractivity contribution in [1.82, 2.24) is 4.90 Å². The topological polar surface area (TPSA) is 99.2 Å². The molecule has 1 fully saturated rings. The molecule has 29 heavy (non-hydrogen) atoms. The smallest absolute Gasteiger partial charge is 0.344 e.